The van der Waals surface area contributed by atoms with Gasteiger partial charge in [0.1, 0.15) is 18.1 Å². The molecule has 0 aliphatic heterocycles. The molecule has 5 aromatic carbocycles. The molecule has 0 spiro atoms. The summed E-state index contributed by atoms with van der Waals surface area (Å²) in [6.45, 7) is 2.40. The van der Waals surface area contributed by atoms with Crippen LogP contribution in [0.25, 0.3) is 10.8 Å². The molecule has 0 saturated carbocycles. The van der Waals surface area contributed by atoms with Crippen molar-refractivity contribution < 1.29 is 19.1 Å². The molecular weight excluding hydrogens is 488 g/mol. The average molecular weight is 515 g/mol. The number of hydrogen-bond donors (Lipinski definition) is 1. The van der Waals surface area contributed by atoms with Crippen molar-refractivity contribution in [3.8, 4) is 11.5 Å². The molecule has 0 heterocycles. The van der Waals surface area contributed by atoms with E-state index < -0.39 is 5.97 Å². The summed E-state index contributed by atoms with van der Waals surface area (Å²) in [7, 11) is 0. The average Bonchev–Trinajstić information content (AvgIpc) is 2.98. The highest BCUT2D eigenvalue weighted by molar-refractivity contribution is 6.04. The SMILES string of the molecule is Cc1ccc(C(=O)Oc2ccc3ccccc3c2/C=N\NC(=O)c2ccc(OCc3ccccc3)cc2)cc1. The summed E-state index contributed by atoms with van der Waals surface area (Å²) in [4.78, 5) is 25.5. The number of aryl methyl sites for hydroxylation is 1. The van der Waals surface area contributed by atoms with E-state index in [1.165, 1.54) is 6.21 Å². The molecule has 0 aliphatic carbocycles. The Hall–Kier alpha value is -5.23. The number of hydrogen-bond acceptors (Lipinski definition) is 5. The van der Waals surface area contributed by atoms with Crippen molar-refractivity contribution in [1.82, 2.24) is 5.43 Å². The van der Waals surface area contributed by atoms with E-state index in [0.717, 1.165) is 21.9 Å². The standard InChI is InChI=1S/C33H26N2O4/c1-23-11-13-27(14-12-23)33(37)39-31-20-17-25-9-5-6-10-29(25)30(31)21-34-35-32(36)26-15-18-28(19-16-26)38-22-24-7-3-2-4-8-24/h2-21H,22H2,1H3,(H,35,36)/b34-21-. The van der Waals surface area contributed by atoms with Gasteiger partial charge in [0.05, 0.1) is 11.8 Å². The second-order valence-electron chi connectivity index (χ2n) is 8.95. The van der Waals surface area contributed by atoms with E-state index in [2.05, 4.69) is 10.5 Å². The van der Waals surface area contributed by atoms with Crippen LogP contribution < -0.4 is 14.9 Å². The summed E-state index contributed by atoms with van der Waals surface area (Å²) in [5.41, 5.74) is 6.13. The number of nitrogens with zero attached hydrogens (tertiary/aromatic N) is 1. The molecule has 0 atom stereocenters. The number of ether oxygens (including phenoxy) is 2. The molecule has 0 saturated heterocycles. The Balaban J connectivity index is 1.29. The minimum absolute atomic E-state index is 0.345. The van der Waals surface area contributed by atoms with Gasteiger partial charge in [0.2, 0.25) is 0 Å². The van der Waals surface area contributed by atoms with Crippen molar-refractivity contribution >= 4 is 28.9 Å². The van der Waals surface area contributed by atoms with Crippen molar-refractivity contribution in [3.05, 3.63) is 143 Å². The zero-order chi connectivity index (χ0) is 27.0. The Morgan fingerprint density at radius 2 is 1.46 bits per heavy atom. The van der Waals surface area contributed by atoms with Crippen LogP contribution >= 0.6 is 0 Å². The Morgan fingerprint density at radius 1 is 0.769 bits per heavy atom. The summed E-state index contributed by atoms with van der Waals surface area (Å²) in [5, 5.41) is 5.96. The minimum atomic E-state index is -0.474. The molecular formula is C33H26N2O4. The third-order valence-corrected chi connectivity index (χ3v) is 6.15. The first-order valence-corrected chi connectivity index (χ1v) is 12.5. The van der Waals surface area contributed by atoms with E-state index in [-0.39, 0.29) is 5.91 Å². The van der Waals surface area contributed by atoms with Crippen molar-refractivity contribution in [1.29, 1.82) is 0 Å². The topological polar surface area (TPSA) is 77.0 Å². The van der Waals surface area contributed by atoms with Gasteiger partial charge in [-0.2, -0.15) is 5.10 Å². The highest BCUT2D eigenvalue weighted by Gasteiger charge is 2.14. The maximum absolute atomic E-state index is 12.8. The molecule has 0 unspecified atom stereocenters. The third-order valence-electron chi connectivity index (χ3n) is 6.15. The number of fused-ring (bicyclic) bond motifs is 1. The summed E-state index contributed by atoms with van der Waals surface area (Å²) in [6, 6.07) is 35.2. The molecule has 5 aromatic rings. The van der Waals surface area contributed by atoms with Crippen LogP contribution in [-0.4, -0.2) is 18.1 Å². The van der Waals surface area contributed by atoms with Crippen LogP contribution in [0.4, 0.5) is 0 Å². The summed E-state index contributed by atoms with van der Waals surface area (Å²) in [5.74, 6) is 0.157. The predicted molar refractivity (Wildman–Crippen MR) is 152 cm³/mol. The number of hydrazone groups is 1. The van der Waals surface area contributed by atoms with Gasteiger partial charge >= 0.3 is 5.97 Å². The normalized spacial score (nSPS) is 10.9. The van der Waals surface area contributed by atoms with E-state index in [4.69, 9.17) is 9.47 Å². The molecule has 1 N–H and O–H groups in total. The van der Waals surface area contributed by atoms with Crippen LogP contribution in [0, 0.1) is 6.92 Å². The van der Waals surface area contributed by atoms with Gasteiger partial charge in [-0.3, -0.25) is 4.79 Å². The Labute approximate surface area is 226 Å². The molecule has 6 nitrogen and oxygen atoms in total. The molecule has 0 radical (unpaired) electrons. The lowest BCUT2D eigenvalue weighted by molar-refractivity contribution is 0.0734. The fourth-order valence-electron chi connectivity index (χ4n) is 4.01. The lowest BCUT2D eigenvalue weighted by Crippen LogP contribution is -2.17. The lowest BCUT2D eigenvalue weighted by Gasteiger charge is -2.11. The monoisotopic (exact) mass is 514 g/mol. The van der Waals surface area contributed by atoms with Crippen molar-refractivity contribution in [2.24, 2.45) is 5.10 Å². The van der Waals surface area contributed by atoms with E-state index in [9.17, 15) is 9.59 Å². The van der Waals surface area contributed by atoms with Gasteiger partial charge in [-0.25, -0.2) is 10.2 Å². The van der Waals surface area contributed by atoms with E-state index >= 15 is 0 Å². The Kier molecular flexibility index (Phi) is 7.74. The maximum Gasteiger partial charge on any atom is 0.343 e. The van der Waals surface area contributed by atoms with Gasteiger partial charge in [-0.15, -0.1) is 0 Å². The molecule has 5 rings (SSSR count). The molecule has 0 fully saturated rings. The van der Waals surface area contributed by atoms with Crippen LogP contribution in [0.5, 0.6) is 11.5 Å². The summed E-state index contributed by atoms with van der Waals surface area (Å²) in [6.07, 6.45) is 1.50. The quantitative estimate of drug-likeness (QED) is 0.108. The third kappa shape index (κ3) is 6.37. The van der Waals surface area contributed by atoms with Gasteiger partial charge in [0, 0.05) is 11.1 Å². The Bertz CT molecular complexity index is 1630. The van der Waals surface area contributed by atoms with Gasteiger partial charge in [0.25, 0.3) is 5.91 Å². The molecule has 0 bridgehead atoms. The van der Waals surface area contributed by atoms with Crippen molar-refractivity contribution in [2.75, 3.05) is 0 Å². The van der Waals surface area contributed by atoms with Gasteiger partial charge in [-0.05, 0) is 65.7 Å². The molecule has 1 amide bonds. The van der Waals surface area contributed by atoms with Gasteiger partial charge in [0.15, 0.2) is 0 Å². The Morgan fingerprint density at radius 3 is 2.23 bits per heavy atom. The lowest BCUT2D eigenvalue weighted by atomic mass is 10.0. The first-order chi connectivity index (χ1) is 19.1. The van der Waals surface area contributed by atoms with Crippen LogP contribution in [-0.2, 0) is 6.61 Å². The fraction of sp³-hybridized carbons (Fsp3) is 0.0606. The first kappa shape index (κ1) is 25.4. The van der Waals surface area contributed by atoms with E-state index in [1.807, 2.05) is 79.7 Å². The van der Waals surface area contributed by atoms with Crippen LogP contribution in [0.1, 0.15) is 37.4 Å². The number of nitrogens with one attached hydrogen (secondary N) is 1. The highest BCUT2D eigenvalue weighted by Crippen LogP contribution is 2.27. The number of benzene rings is 5. The first-order valence-electron chi connectivity index (χ1n) is 12.5. The maximum atomic E-state index is 12.8. The van der Waals surface area contributed by atoms with Gasteiger partial charge < -0.3 is 9.47 Å². The molecule has 39 heavy (non-hydrogen) atoms. The van der Waals surface area contributed by atoms with Crippen molar-refractivity contribution in [3.63, 3.8) is 0 Å². The number of carbonyl (C=O) groups is 2. The van der Waals surface area contributed by atoms with Crippen LogP contribution in [0.15, 0.2) is 120 Å². The van der Waals surface area contributed by atoms with Crippen molar-refractivity contribution in [2.45, 2.75) is 13.5 Å². The number of carbonyl (C=O) groups excluding carboxylic acids is 2. The number of esters is 1. The van der Waals surface area contributed by atoms with Crippen LogP contribution in [0.2, 0.25) is 0 Å². The fourth-order valence-corrected chi connectivity index (χ4v) is 4.01. The smallest absolute Gasteiger partial charge is 0.343 e. The zero-order valence-electron chi connectivity index (χ0n) is 21.3. The van der Waals surface area contributed by atoms with Gasteiger partial charge in [-0.1, -0.05) is 78.4 Å². The predicted octanol–water partition coefficient (Wildman–Crippen LogP) is 6.71. The molecule has 0 aliphatic rings. The molecule has 6 heteroatoms. The number of amides is 1. The summed E-state index contributed by atoms with van der Waals surface area (Å²) >= 11 is 0. The van der Waals surface area contributed by atoms with E-state index in [0.29, 0.717) is 34.8 Å². The zero-order valence-corrected chi connectivity index (χ0v) is 21.3. The molecule has 192 valence electrons. The molecule has 0 aromatic heterocycles. The largest absolute Gasteiger partial charge is 0.489 e. The van der Waals surface area contributed by atoms with E-state index in [1.54, 1.807) is 42.5 Å². The minimum Gasteiger partial charge on any atom is -0.489 e. The second-order valence-corrected chi connectivity index (χ2v) is 8.95. The highest BCUT2D eigenvalue weighted by atomic mass is 16.5. The van der Waals surface area contributed by atoms with Crippen LogP contribution in [0.3, 0.4) is 0 Å². The number of rotatable bonds is 8. The summed E-state index contributed by atoms with van der Waals surface area (Å²) < 4.78 is 11.5. The second kappa shape index (κ2) is 11.9.